The zero-order chi connectivity index (χ0) is 28.5. The Morgan fingerprint density at radius 1 is 0.463 bits per heavy atom. The molecule has 41 heavy (non-hydrogen) atoms. The van der Waals surface area contributed by atoms with Crippen molar-refractivity contribution in [3.05, 3.63) is 86.2 Å². The maximum Gasteiger partial charge on any atom is 0.176 e. The molecular formula is C28H32N10O2Os. The summed E-state index contributed by atoms with van der Waals surface area (Å²) in [6.07, 6.45) is 18.1. The van der Waals surface area contributed by atoms with Crippen LogP contribution in [0.1, 0.15) is 0 Å². The third kappa shape index (κ3) is 7.74. The van der Waals surface area contributed by atoms with Crippen LogP contribution in [0.5, 0.6) is 11.5 Å². The first-order chi connectivity index (χ1) is 19.4. The predicted octanol–water partition coefficient (Wildman–Crippen LogP) is 3.80. The number of nitrogens with zero attached hydrogens (tertiary/aromatic N) is 10. The molecule has 0 aliphatic carbocycles. The largest absolute Gasteiger partial charge is 0.497 e. The van der Waals surface area contributed by atoms with Crippen LogP contribution in [0.25, 0.3) is 34.7 Å². The quantitative estimate of drug-likeness (QED) is 0.263. The maximum absolute atomic E-state index is 5.13. The van der Waals surface area contributed by atoms with Gasteiger partial charge in [-0.3, -0.25) is 9.97 Å². The van der Waals surface area contributed by atoms with Crippen LogP contribution >= 0.6 is 0 Å². The molecule has 0 radical (unpaired) electrons. The van der Waals surface area contributed by atoms with Gasteiger partial charge in [0.25, 0.3) is 0 Å². The van der Waals surface area contributed by atoms with E-state index in [0.717, 1.165) is 46.2 Å². The molecule has 13 heteroatoms. The van der Waals surface area contributed by atoms with Crippen LogP contribution in [0.2, 0.25) is 0 Å². The third-order valence-electron chi connectivity index (χ3n) is 5.88. The molecule has 0 saturated heterocycles. The van der Waals surface area contributed by atoms with E-state index < -0.39 is 0 Å². The molecule has 6 heterocycles. The van der Waals surface area contributed by atoms with Gasteiger partial charge >= 0.3 is 0 Å². The average molecular weight is 731 g/mol. The van der Waals surface area contributed by atoms with Crippen molar-refractivity contribution >= 4 is 0 Å². The van der Waals surface area contributed by atoms with Crippen molar-refractivity contribution in [3.8, 4) is 46.2 Å². The summed E-state index contributed by atoms with van der Waals surface area (Å²) >= 11 is 0. The molecule has 6 aromatic rings. The van der Waals surface area contributed by atoms with Crippen molar-refractivity contribution < 1.29 is 29.3 Å². The smallest absolute Gasteiger partial charge is 0.176 e. The number of aryl methyl sites for hydroxylation is 4. The average Bonchev–Trinajstić information content (AvgIpc) is 3.79. The molecule has 0 amide bonds. The van der Waals surface area contributed by atoms with E-state index in [4.69, 9.17) is 9.47 Å². The van der Waals surface area contributed by atoms with Crippen LogP contribution in [0.3, 0.4) is 0 Å². The standard InChI is InChI=1S/C12H12N2O2.2C8H10N4.Os/c1-15-9-3-5-13-11(7-9)12-8-10(16-2)4-6-14-12;2*1-11-5-3-9-7(11)8-10-4-6-12(8)2;/h3-8H,1-2H3;2*3-6H,1-2H3;. The number of ether oxygens (including phenoxy) is 2. The molecule has 6 rings (SSSR count). The number of hydrogen-bond donors (Lipinski definition) is 0. The van der Waals surface area contributed by atoms with E-state index in [2.05, 4.69) is 29.9 Å². The Morgan fingerprint density at radius 2 is 0.756 bits per heavy atom. The van der Waals surface area contributed by atoms with E-state index >= 15 is 0 Å². The van der Waals surface area contributed by atoms with Gasteiger partial charge in [0, 0.05) is 122 Å². The Labute approximate surface area is 251 Å². The van der Waals surface area contributed by atoms with Crippen LogP contribution < -0.4 is 9.47 Å². The Morgan fingerprint density at radius 3 is 0.976 bits per heavy atom. The molecule has 0 aliphatic heterocycles. The molecule has 0 saturated carbocycles. The first kappa shape index (κ1) is 30.9. The van der Waals surface area contributed by atoms with Crippen molar-refractivity contribution in [3.63, 3.8) is 0 Å². The van der Waals surface area contributed by atoms with E-state index in [0.29, 0.717) is 0 Å². The molecule has 12 nitrogen and oxygen atoms in total. The van der Waals surface area contributed by atoms with Gasteiger partial charge in [-0.05, 0) is 12.1 Å². The van der Waals surface area contributed by atoms with Gasteiger partial charge in [-0.15, -0.1) is 0 Å². The number of hydrogen-bond acceptors (Lipinski definition) is 8. The number of imidazole rings is 4. The zero-order valence-corrected chi connectivity index (χ0v) is 26.3. The minimum Gasteiger partial charge on any atom is -0.497 e. The van der Waals surface area contributed by atoms with Crippen LogP contribution in [-0.2, 0) is 48.0 Å². The first-order valence-electron chi connectivity index (χ1n) is 12.3. The van der Waals surface area contributed by atoms with E-state index in [1.54, 1.807) is 63.5 Å². The van der Waals surface area contributed by atoms with Crippen molar-refractivity contribution in [2.45, 2.75) is 0 Å². The van der Waals surface area contributed by atoms with Crippen molar-refractivity contribution in [1.29, 1.82) is 0 Å². The maximum atomic E-state index is 5.13. The summed E-state index contributed by atoms with van der Waals surface area (Å²) < 4.78 is 18.1. The zero-order valence-electron chi connectivity index (χ0n) is 23.7. The Kier molecular flexibility index (Phi) is 11.1. The molecule has 0 atom stereocenters. The number of rotatable bonds is 5. The van der Waals surface area contributed by atoms with Crippen molar-refractivity contribution in [2.75, 3.05) is 14.2 Å². The van der Waals surface area contributed by atoms with E-state index in [1.807, 2.05) is 83.4 Å². The van der Waals surface area contributed by atoms with Gasteiger partial charge in [0.05, 0.1) is 25.6 Å². The normalized spacial score (nSPS) is 10.0. The van der Waals surface area contributed by atoms with E-state index in [9.17, 15) is 0 Å². The minimum absolute atomic E-state index is 0. The third-order valence-corrected chi connectivity index (χ3v) is 5.88. The number of pyridine rings is 2. The Bertz CT molecular complexity index is 1450. The second-order valence-electron chi connectivity index (χ2n) is 8.61. The van der Waals surface area contributed by atoms with E-state index in [-0.39, 0.29) is 19.8 Å². The first-order valence-corrected chi connectivity index (χ1v) is 12.3. The monoisotopic (exact) mass is 732 g/mol. The van der Waals surface area contributed by atoms with Crippen LogP contribution in [0.4, 0.5) is 0 Å². The van der Waals surface area contributed by atoms with Crippen LogP contribution in [0, 0.1) is 0 Å². The SMILES string of the molecule is COc1ccnc(-c2cc(OC)ccn2)c1.Cn1ccnc1-c1nccn1C.Cn1ccnc1-c1nccn1C.[Os]. The van der Waals surface area contributed by atoms with Crippen molar-refractivity contribution in [1.82, 2.24) is 48.2 Å². The Hall–Kier alpha value is -4.62. The van der Waals surface area contributed by atoms with Gasteiger partial charge in [-0.2, -0.15) is 0 Å². The summed E-state index contributed by atoms with van der Waals surface area (Å²) in [5.74, 6) is 5.08. The van der Waals surface area contributed by atoms with Gasteiger partial charge < -0.3 is 27.7 Å². The van der Waals surface area contributed by atoms with Crippen molar-refractivity contribution in [2.24, 2.45) is 28.2 Å². The molecular weight excluding hydrogens is 699 g/mol. The summed E-state index contributed by atoms with van der Waals surface area (Å²) in [7, 11) is 11.1. The summed E-state index contributed by atoms with van der Waals surface area (Å²) in [5.41, 5.74) is 1.52. The molecule has 0 bridgehead atoms. The second kappa shape index (κ2) is 14.7. The molecule has 0 fully saturated rings. The van der Waals surface area contributed by atoms with Gasteiger partial charge in [0.1, 0.15) is 11.5 Å². The molecule has 0 spiro atoms. The summed E-state index contributed by atoms with van der Waals surface area (Å²) in [5, 5.41) is 0. The van der Waals surface area contributed by atoms with Crippen LogP contribution in [0.15, 0.2) is 86.2 Å². The fourth-order valence-electron chi connectivity index (χ4n) is 3.68. The summed E-state index contributed by atoms with van der Waals surface area (Å²) in [6.45, 7) is 0. The molecule has 6 aromatic heterocycles. The van der Waals surface area contributed by atoms with Gasteiger partial charge in [-0.1, -0.05) is 0 Å². The number of aromatic nitrogens is 10. The molecule has 0 aromatic carbocycles. The molecule has 0 unspecified atom stereocenters. The van der Waals surface area contributed by atoms with Crippen LogP contribution in [-0.4, -0.2) is 62.4 Å². The summed E-state index contributed by atoms with van der Waals surface area (Å²) in [6, 6.07) is 7.26. The van der Waals surface area contributed by atoms with Gasteiger partial charge in [-0.25, -0.2) is 19.9 Å². The van der Waals surface area contributed by atoms with Gasteiger partial charge in [0.2, 0.25) is 0 Å². The fraction of sp³-hybridized carbons (Fsp3) is 0.214. The number of methoxy groups -OCH3 is 2. The molecule has 0 N–H and O–H groups in total. The molecule has 0 aliphatic rings. The van der Waals surface area contributed by atoms with Gasteiger partial charge in [0.15, 0.2) is 23.3 Å². The van der Waals surface area contributed by atoms with E-state index in [1.165, 1.54) is 0 Å². The Balaban J connectivity index is 0.000000169. The topological polar surface area (TPSA) is 116 Å². The minimum atomic E-state index is 0. The fourth-order valence-corrected chi connectivity index (χ4v) is 3.68. The molecule has 214 valence electrons. The predicted molar refractivity (Wildman–Crippen MR) is 151 cm³/mol. The second-order valence-corrected chi connectivity index (χ2v) is 8.61. The summed E-state index contributed by atoms with van der Waals surface area (Å²) in [4.78, 5) is 25.3.